The third kappa shape index (κ3) is 3.74. The first-order valence-corrected chi connectivity index (χ1v) is 9.43. The van der Waals surface area contributed by atoms with Gasteiger partial charge in [0.05, 0.1) is 16.5 Å². The Morgan fingerprint density at radius 1 is 0.933 bits per heavy atom. The highest BCUT2D eigenvalue weighted by atomic mass is 19.4. The molecule has 0 unspecified atom stereocenters. The first kappa shape index (κ1) is 21.7. The van der Waals surface area contributed by atoms with Crippen molar-refractivity contribution >= 4 is 28.9 Å². The first-order valence-electron chi connectivity index (χ1n) is 9.43. The van der Waals surface area contributed by atoms with Gasteiger partial charge in [-0.1, -0.05) is 0 Å². The topological polar surface area (TPSA) is 61.4 Å². The van der Waals surface area contributed by atoms with Gasteiger partial charge in [-0.2, -0.15) is 13.2 Å². The molecule has 0 spiro atoms. The number of rotatable bonds is 2. The third-order valence-corrected chi connectivity index (χ3v) is 5.72. The van der Waals surface area contributed by atoms with E-state index in [1.807, 2.05) is 45.7 Å². The van der Waals surface area contributed by atoms with E-state index in [9.17, 15) is 22.8 Å². The van der Waals surface area contributed by atoms with Crippen molar-refractivity contribution in [1.29, 1.82) is 0 Å². The number of nitrogens with zero attached hydrogens (tertiary/aromatic N) is 1. The van der Waals surface area contributed by atoms with E-state index in [2.05, 4.69) is 10.6 Å². The SMILES string of the molecule is CN1c2ccc(NC(=O)Nc3ccc(C(F)(F)F)cc3)cc2C(C)(C)C(=O)C1(C)C. The molecule has 2 aromatic rings. The second-order valence-corrected chi connectivity index (χ2v) is 8.46. The lowest BCUT2D eigenvalue weighted by Gasteiger charge is -2.48. The number of hydrogen-bond donors (Lipinski definition) is 2. The van der Waals surface area contributed by atoms with E-state index < -0.39 is 28.7 Å². The zero-order chi connectivity index (χ0) is 22.5. The second kappa shape index (κ2) is 7.04. The molecule has 1 heterocycles. The van der Waals surface area contributed by atoms with Crippen molar-refractivity contribution in [1.82, 2.24) is 0 Å². The van der Waals surface area contributed by atoms with Gasteiger partial charge in [0.25, 0.3) is 0 Å². The number of benzene rings is 2. The molecule has 30 heavy (non-hydrogen) atoms. The van der Waals surface area contributed by atoms with Crippen molar-refractivity contribution in [3.63, 3.8) is 0 Å². The van der Waals surface area contributed by atoms with E-state index in [1.165, 1.54) is 12.1 Å². The van der Waals surface area contributed by atoms with Crippen LogP contribution >= 0.6 is 0 Å². The van der Waals surface area contributed by atoms with Crippen LogP contribution in [0.2, 0.25) is 0 Å². The number of alkyl halides is 3. The maximum absolute atomic E-state index is 13.0. The fourth-order valence-corrected chi connectivity index (χ4v) is 3.78. The summed E-state index contributed by atoms with van der Waals surface area (Å²) in [6, 6.07) is 8.92. The lowest BCUT2D eigenvalue weighted by Crippen LogP contribution is -2.58. The molecule has 0 aromatic heterocycles. The molecule has 0 radical (unpaired) electrons. The Balaban J connectivity index is 1.80. The average molecular weight is 419 g/mol. The van der Waals surface area contributed by atoms with E-state index >= 15 is 0 Å². The van der Waals surface area contributed by atoms with Crippen LogP contribution in [-0.4, -0.2) is 24.4 Å². The monoisotopic (exact) mass is 419 g/mol. The number of anilines is 3. The largest absolute Gasteiger partial charge is 0.416 e. The number of amides is 2. The van der Waals surface area contributed by atoms with E-state index in [0.29, 0.717) is 5.69 Å². The van der Waals surface area contributed by atoms with Gasteiger partial charge in [0, 0.05) is 24.1 Å². The number of carbonyl (C=O) groups is 2. The number of hydrogen-bond acceptors (Lipinski definition) is 3. The van der Waals surface area contributed by atoms with Gasteiger partial charge in [-0.3, -0.25) is 4.79 Å². The highest BCUT2D eigenvalue weighted by Crippen LogP contribution is 2.44. The molecule has 160 valence electrons. The molecular weight excluding hydrogens is 395 g/mol. The number of likely N-dealkylation sites (N-methyl/N-ethyl adjacent to an activating group) is 1. The Labute approximate surface area is 173 Å². The molecule has 0 bridgehead atoms. The maximum Gasteiger partial charge on any atom is 0.416 e. The van der Waals surface area contributed by atoms with Crippen LogP contribution in [0.3, 0.4) is 0 Å². The Bertz CT molecular complexity index is 996. The minimum atomic E-state index is -4.43. The van der Waals surface area contributed by atoms with Crippen LogP contribution in [0.5, 0.6) is 0 Å². The number of halogens is 3. The van der Waals surface area contributed by atoms with Gasteiger partial charge < -0.3 is 15.5 Å². The van der Waals surface area contributed by atoms with Crippen molar-refractivity contribution in [3.05, 3.63) is 53.6 Å². The van der Waals surface area contributed by atoms with Gasteiger partial charge in [0.1, 0.15) is 0 Å². The van der Waals surface area contributed by atoms with Crippen LogP contribution in [-0.2, 0) is 16.4 Å². The zero-order valence-corrected chi connectivity index (χ0v) is 17.4. The lowest BCUT2D eigenvalue weighted by atomic mass is 9.69. The molecule has 2 aromatic carbocycles. The molecule has 2 N–H and O–H groups in total. The summed E-state index contributed by atoms with van der Waals surface area (Å²) in [5, 5.41) is 5.18. The summed E-state index contributed by atoms with van der Waals surface area (Å²) in [5.74, 6) is 0.0661. The first-order chi connectivity index (χ1) is 13.7. The third-order valence-electron chi connectivity index (χ3n) is 5.72. The van der Waals surface area contributed by atoms with Crippen LogP contribution < -0.4 is 15.5 Å². The summed E-state index contributed by atoms with van der Waals surface area (Å²) in [6.45, 7) is 7.47. The number of urea groups is 1. The Morgan fingerprint density at radius 2 is 1.47 bits per heavy atom. The molecular formula is C22H24F3N3O2. The summed E-state index contributed by atoms with van der Waals surface area (Å²) in [6.07, 6.45) is -4.43. The van der Waals surface area contributed by atoms with Gasteiger partial charge in [-0.25, -0.2) is 4.79 Å². The van der Waals surface area contributed by atoms with Gasteiger partial charge in [-0.05, 0) is 75.7 Å². The van der Waals surface area contributed by atoms with E-state index in [0.717, 1.165) is 23.4 Å². The van der Waals surface area contributed by atoms with Crippen LogP contribution in [0, 0.1) is 0 Å². The number of nitrogens with one attached hydrogen (secondary N) is 2. The second-order valence-electron chi connectivity index (χ2n) is 8.46. The number of Topliss-reactive ketones (excluding diaryl/α,β-unsaturated/α-hetero) is 1. The summed E-state index contributed by atoms with van der Waals surface area (Å²) in [7, 11) is 1.86. The minimum absolute atomic E-state index is 0.0661. The molecule has 0 fully saturated rings. The maximum atomic E-state index is 13.0. The summed E-state index contributed by atoms with van der Waals surface area (Å²) in [5.41, 5.74) is 0.211. The quantitative estimate of drug-likeness (QED) is 0.683. The highest BCUT2D eigenvalue weighted by Gasteiger charge is 2.48. The average Bonchev–Trinajstić information content (AvgIpc) is 2.65. The molecule has 5 nitrogen and oxygen atoms in total. The van der Waals surface area contributed by atoms with Crippen LogP contribution in [0.25, 0.3) is 0 Å². The molecule has 8 heteroatoms. The molecule has 1 aliphatic heterocycles. The van der Waals surface area contributed by atoms with Crippen LogP contribution in [0.15, 0.2) is 42.5 Å². The number of ketones is 1. The van der Waals surface area contributed by atoms with Crippen molar-refractivity contribution < 1.29 is 22.8 Å². The molecule has 2 amide bonds. The Morgan fingerprint density at radius 3 is 2.03 bits per heavy atom. The molecule has 0 saturated heterocycles. The normalized spacial score (nSPS) is 17.3. The molecule has 1 aliphatic rings. The zero-order valence-electron chi connectivity index (χ0n) is 17.4. The number of carbonyl (C=O) groups excluding carboxylic acids is 2. The van der Waals surface area contributed by atoms with Crippen LogP contribution in [0.1, 0.15) is 38.8 Å². The molecule has 0 aliphatic carbocycles. The fraction of sp³-hybridized carbons (Fsp3) is 0.364. The number of fused-ring (bicyclic) bond motifs is 1. The lowest BCUT2D eigenvalue weighted by molar-refractivity contribution is -0.137. The van der Waals surface area contributed by atoms with Gasteiger partial charge in [0.15, 0.2) is 5.78 Å². The highest BCUT2D eigenvalue weighted by molar-refractivity contribution is 6.04. The van der Waals surface area contributed by atoms with Gasteiger partial charge in [0.2, 0.25) is 0 Å². The minimum Gasteiger partial charge on any atom is -0.362 e. The summed E-state index contributed by atoms with van der Waals surface area (Å²) in [4.78, 5) is 27.2. The molecule has 0 atom stereocenters. The summed E-state index contributed by atoms with van der Waals surface area (Å²) < 4.78 is 37.9. The van der Waals surface area contributed by atoms with Crippen molar-refractivity contribution in [2.24, 2.45) is 0 Å². The molecule has 0 saturated carbocycles. The van der Waals surface area contributed by atoms with E-state index in [-0.39, 0.29) is 11.5 Å². The van der Waals surface area contributed by atoms with Crippen molar-refractivity contribution in [2.75, 3.05) is 22.6 Å². The predicted molar refractivity (Wildman–Crippen MR) is 111 cm³/mol. The van der Waals surface area contributed by atoms with E-state index in [4.69, 9.17) is 0 Å². The standard InChI is InChI=1S/C22H24F3N3O2/c1-20(2)16-12-15(10-11-17(16)28(5)21(3,4)18(20)29)27-19(30)26-14-8-6-13(7-9-14)22(23,24)25/h6-12H,1-5H3,(H2,26,27,30). The van der Waals surface area contributed by atoms with Crippen LogP contribution in [0.4, 0.5) is 35.0 Å². The molecule has 3 rings (SSSR count). The van der Waals surface area contributed by atoms with Crippen molar-refractivity contribution in [2.45, 2.75) is 44.8 Å². The van der Waals surface area contributed by atoms with Gasteiger partial charge >= 0.3 is 12.2 Å². The predicted octanol–water partition coefficient (Wildman–Crippen LogP) is 5.42. The van der Waals surface area contributed by atoms with E-state index in [1.54, 1.807) is 12.1 Å². The Kier molecular flexibility index (Phi) is 5.08. The Hall–Kier alpha value is -3.03. The summed E-state index contributed by atoms with van der Waals surface area (Å²) >= 11 is 0. The van der Waals surface area contributed by atoms with Gasteiger partial charge in [-0.15, -0.1) is 0 Å². The fourth-order valence-electron chi connectivity index (χ4n) is 3.78. The van der Waals surface area contributed by atoms with Crippen molar-refractivity contribution in [3.8, 4) is 0 Å². The smallest absolute Gasteiger partial charge is 0.362 e.